The normalized spacial score (nSPS) is 18.9. The lowest BCUT2D eigenvalue weighted by atomic mass is 10.1. The third-order valence-electron chi connectivity index (χ3n) is 2.34. The summed E-state index contributed by atoms with van der Waals surface area (Å²) in [5, 5.41) is 0. The van der Waals surface area contributed by atoms with Crippen molar-refractivity contribution in [2.45, 2.75) is 19.1 Å². The van der Waals surface area contributed by atoms with Crippen molar-refractivity contribution in [3.63, 3.8) is 0 Å². The van der Waals surface area contributed by atoms with Crippen molar-refractivity contribution in [2.75, 3.05) is 11.5 Å². The van der Waals surface area contributed by atoms with Gasteiger partial charge in [-0.05, 0) is 18.9 Å². The molecule has 0 spiro atoms. The zero-order chi connectivity index (χ0) is 10.3. The first kappa shape index (κ1) is 9.39. The highest BCUT2D eigenvalue weighted by atomic mass is 32.2. The highest BCUT2D eigenvalue weighted by molar-refractivity contribution is 7.90. The molecule has 0 saturated heterocycles. The van der Waals surface area contributed by atoms with E-state index in [9.17, 15) is 8.42 Å². The minimum absolute atomic E-state index is 0.00407. The second kappa shape index (κ2) is 2.91. The van der Waals surface area contributed by atoms with E-state index in [1.165, 1.54) is 0 Å². The third kappa shape index (κ3) is 1.57. The van der Waals surface area contributed by atoms with Crippen LogP contribution in [0.15, 0.2) is 0 Å². The molecule has 2 heterocycles. The van der Waals surface area contributed by atoms with Crippen molar-refractivity contribution in [3.8, 4) is 0 Å². The first-order valence-electron chi connectivity index (χ1n) is 4.30. The van der Waals surface area contributed by atoms with Gasteiger partial charge in [-0.3, -0.25) is 0 Å². The number of nitrogen functional groups attached to an aromatic ring is 1. The van der Waals surface area contributed by atoms with Crippen LogP contribution in [0.2, 0.25) is 0 Å². The molecule has 0 fully saturated rings. The van der Waals surface area contributed by atoms with Crippen LogP contribution in [-0.4, -0.2) is 24.1 Å². The molecule has 0 saturated carbocycles. The summed E-state index contributed by atoms with van der Waals surface area (Å²) in [5.41, 5.74) is 7.76. The molecule has 1 aromatic rings. The summed E-state index contributed by atoms with van der Waals surface area (Å²) in [7, 11) is -2.98. The molecule has 0 radical (unpaired) electrons. The van der Waals surface area contributed by atoms with E-state index < -0.39 is 9.84 Å². The van der Waals surface area contributed by atoms with E-state index >= 15 is 0 Å². The van der Waals surface area contributed by atoms with Crippen LogP contribution in [0.1, 0.15) is 17.0 Å². The Bertz CT molecular complexity index is 482. The van der Waals surface area contributed by atoms with E-state index in [0.717, 1.165) is 11.3 Å². The Hall–Kier alpha value is -1.17. The van der Waals surface area contributed by atoms with Crippen molar-refractivity contribution >= 4 is 15.8 Å². The maximum Gasteiger partial charge on any atom is 0.220 e. The highest BCUT2D eigenvalue weighted by Crippen LogP contribution is 2.21. The number of nitrogens with zero attached hydrogens (tertiary/aromatic N) is 2. The lowest BCUT2D eigenvalue weighted by molar-refractivity contribution is 0.590. The van der Waals surface area contributed by atoms with Gasteiger partial charge in [-0.2, -0.15) is 0 Å². The number of rotatable bonds is 0. The van der Waals surface area contributed by atoms with Crippen LogP contribution in [0.3, 0.4) is 0 Å². The molecule has 0 amide bonds. The molecule has 1 aromatic heterocycles. The molecule has 2 rings (SSSR count). The van der Waals surface area contributed by atoms with E-state index in [2.05, 4.69) is 9.97 Å². The van der Waals surface area contributed by atoms with Crippen LogP contribution in [0.5, 0.6) is 0 Å². The van der Waals surface area contributed by atoms with Gasteiger partial charge in [0.2, 0.25) is 5.95 Å². The molecule has 0 unspecified atom stereocenters. The van der Waals surface area contributed by atoms with Gasteiger partial charge in [-0.1, -0.05) is 0 Å². The fourth-order valence-electron chi connectivity index (χ4n) is 1.66. The number of hydrogen-bond donors (Lipinski definition) is 1. The predicted octanol–water partition coefficient (Wildman–Crippen LogP) is -0.162. The SMILES string of the molecule is Cc1nc(N)nc2c1CCS(=O)(=O)C2. The van der Waals surface area contributed by atoms with Crippen LogP contribution < -0.4 is 5.73 Å². The van der Waals surface area contributed by atoms with Gasteiger partial charge in [0.15, 0.2) is 9.84 Å². The smallest absolute Gasteiger partial charge is 0.220 e. The molecule has 0 bridgehead atoms. The maximum absolute atomic E-state index is 11.3. The average Bonchev–Trinajstić information content (AvgIpc) is 2.00. The summed E-state index contributed by atoms with van der Waals surface area (Å²) in [6.07, 6.45) is 0.504. The summed E-state index contributed by atoms with van der Waals surface area (Å²) in [6.45, 7) is 1.83. The van der Waals surface area contributed by atoms with Crippen LogP contribution in [0.25, 0.3) is 0 Å². The monoisotopic (exact) mass is 213 g/mol. The van der Waals surface area contributed by atoms with Gasteiger partial charge >= 0.3 is 0 Å². The number of sulfone groups is 1. The molecule has 14 heavy (non-hydrogen) atoms. The van der Waals surface area contributed by atoms with Crippen molar-refractivity contribution in [1.29, 1.82) is 0 Å². The number of nitrogens with two attached hydrogens (primary N) is 1. The lowest BCUT2D eigenvalue weighted by Gasteiger charge is -2.16. The van der Waals surface area contributed by atoms with Gasteiger partial charge < -0.3 is 5.73 Å². The van der Waals surface area contributed by atoms with Gasteiger partial charge in [0, 0.05) is 5.69 Å². The molecule has 5 nitrogen and oxygen atoms in total. The van der Waals surface area contributed by atoms with Gasteiger partial charge in [0.25, 0.3) is 0 Å². The van der Waals surface area contributed by atoms with E-state index in [1.54, 1.807) is 0 Å². The van der Waals surface area contributed by atoms with Crippen LogP contribution in [0, 0.1) is 6.92 Å². The minimum atomic E-state index is -2.98. The summed E-state index contributed by atoms with van der Waals surface area (Å²) in [6, 6.07) is 0. The van der Waals surface area contributed by atoms with Crippen LogP contribution in [0.4, 0.5) is 5.95 Å². The third-order valence-corrected chi connectivity index (χ3v) is 3.88. The zero-order valence-corrected chi connectivity index (χ0v) is 8.63. The summed E-state index contributed by atoms with van der Waals surface area (Å²) < 4.78 is 22.7. The van der Waals surface area contributed by atoms with Crippen molar-refractivity contribution in [3.05, 3.63) is 17.0 Å². The maximum atomic E-state index is 11.3. The Balaban J connectivity index is 2.58. The molecule has 1 aliphatic rings. The molecule has 1 aliphatic heterocycles. The Morgan fingerprint density at radius 3 is 2.79 bits per heavy atom. The first-order chi connectivity index (χ1) is 6.48. The van der Waals surface area contributed by atoms with Gasteiger partial charge in [0.1, 0.15) is 0 Å². The predicted molar refractivity (Wildman–Crippen MR) is 52.4 cm³/mol. The van der Waals surface area contributed by atoms with Crippen molar-refractivity contribution in [2.24, 2.45) is 0 Å². The Morgan fingerprint density at radius 2 is 2.07 bits per heavy atom. The summed E-state index contributed by atoms with van der Waals surface area (Å²) >= 11 is 0. The van der Waals surface area contributed by atoms with E-state index in [0.29, 0.717) is 12.1 Å². The van der Waals surface area contributed by atoms with E-state index in [-0.39, 0.29) is 17.5 Å². The molecule has 2 N–H and O–H groups in total. The molecule has 0 aliphatic carbocycles. The lowest BCUT2D eigenvalue weighted by Crippen LogP contribution is -2.22. The van der Waals surface area contributed by atoms with Crippen LogP contribution in [-0.2, 0) is 22.0 Å². The number of fused-ring (bicyclic) bond motifs is 1. The summed E-state index contributed by atoms with van der Waals surface area (Å²) in [5.74, 6) is 0.336. The van der Waals surface area contributed by atoms with Crippen molar-refractivity contribution in [1.82, 2.24) is 9.97 Å². The fraction of sp³-hybridized carbons (Fsp3) is 0.500. The molecule has 6 heteroatoms. The van der Waals surface area contributed by atoms with Gasteiger partial charge in [0.05, 0.1) is 17.2 Å². The number of anilines is 1. The molecule has 76 valence electrons. The summed E-state index contributed by atoms with van der Waals surface area (Å²) in [4.78, 5) is 7.96. The number of aryl methyl sites for hydroxylation is 1. The Morgan fingerprint density at radius 1 is 1.36 bits per heavy atom. The highest BCUT2D eigenvalue weighted by Gasteiger charge is 2.24. The Labute approximate surface area is 82.3 Å². The Kier molecular flexibility index (Phi) is 1.95. The quantitative estimate of drug-likeness (QED) is 0.647. The first-order valence-corrected chi connectivity index (χ1v) is 6.12. The second-order valence-corrected chi connectivity index (χ2v) is 5.62. The second-order valence-electron chi connectivity index (χ2n) is 3.43. The molecular weight excluding hydrogens is 202 g/mol. The number of aromatic nitrogens is 2. The average molecular weight is 213 g/mol. The fourth-order valence-corrected chi connectivity index (χ4v) is 2.98. The number of hydrogen-bond acceptors (Lipinski definition) is 5. The minimum Gasteiger partial charge on any atom is -0.368 e. The van der Waals surface area contributed by atoms with Gasteiger partial charge in [-0.25, -0.2) is 18.4 Å². The largest absolute Gasteiger partial charge is 0.368 e. The van der Waals surface area contributed by atoms with E-state index in [1.807, 2.05) is 6.92 Å². The van der Waals surface area contributed by atoms with E-state index in [4.69, 9.17) is 5.73 Å². The van der Waals surface area contributed by atoms with Crippen LogP contribution >= 0.6 is 0 Å². The molecule has 0 atom stereocenters. The molecule has 0 aromatic carbocycles. The van der Waals surface area contributed by atoms with Crippen molar-refractivity contribution < 1.29 is 8.42 Å². The topological polar surface area (TPSA) is 85.9 Å². The zero-order valence-electron chi connectivity index (χ0n) is 7.82. The standard InChI is InChI=1S/C8H11N3O2S/c1-5-6-2-3-14(12,13)4-7(6)11-8(9)10-5/h2-4H2,1H3,(H2,9,10,11). The van der Waals surface area contributed by atoms with Gasteiger partial charge in [-0.15, -0.1) is 0 Å². The molecular formula is C8H11N3O2S.